The van der Waals surface area contributed by atoms with Gasteiger partial charge in [-0.05, 0) is 48.5 Å². The van der Waals surface area contributed by atoms with Crippen LogP contribution in [0.5, 0.6) is 11.5 Å². The molecule has 2 N–H and O–H groups in total. The number of halogens is 1. The quantitative estimate of drug-likeness (QED) is 0.223. The summed E-state index contributed by atoms with van der Waals surface area (Å²) in [5.74, 6) is -0.383. The fourth-order valence-electron chi connectivity index (χ4n) is 4.83. The monoisotopic (exact) mass is 530 g/mol. The number of rotatable bonds is 4. The third-order valence-electron chi connectivity index (χ3n) is 6.64. The summed E-state index contributed by atoms with van der Waals surface area (Å²) in [6.45, 7) is 0. The summed E-state index contributed by atoms with van der Waals surface area (Å²) in [4.78, 5) is 9.53. The Labute approximate surface area is 225 Å². The second-order valence-electron chi connectivity index (χ2n) is 9.12. The smallest absolute Gasteiger partial charge is 0.143 e. The van der Waals surface area contributed by atoms with Gasteiger partial charge in [0.25, 0.3) is 0 Å². The molecule has 0 aliphatic rings. The molecule has 0 bridgehead atoms. The molecule has 188 valence electrons. The maximum atomic E-state index is 13.7. The Hall–Kier alpha value is -5.01. The number of aliphatic imine (C=N–C) groups is 1. The van der Waals surface area contributed by atoms with Crippen LogP contribution in [0.3, 0.4) is 0 Å². The Kier molecular flexibility index (Phi) is 5.38. The van der Waals surface area contributed by atoms with Gasteiger partial charge in [-0.2, -0.15) is 0 Å². The number of benzene rings is 5. The molecule has 0 amide bonds. The summed E-state index contributed by atoms with van der Waals surface area (Å²) in [6, 6.07) is 28.5. The number of thiazole rings is 1. The van der Waals surface area contributed by atoms with Crippen LogP contribution in [-0.4, -0.2) is 21.4 Å². The average molecular weight is 531 g/mol. The van der Waals surface area contributed by atoms with Crippen molar-refractivity contribution in [1.82, 2.24) is 4.98 Å². The van der Waals surface area contributed by atoms with Crippen molar-refractivity contribution < 1.29 is 19.0 Å². The lowest BCUT2D eigenvalue weighted by atomic mass is 10.0. The Morgan fingerprint density at radius 1 is 0.795 bits per heavy atom. The molecule has 0 atom stereocenters. The molecule has 7 aromatic rings. The molecule has 5 nitrogen and oxygen atoms in total. The zero-order valence-corrected chi connectivity index (χ0v) is 21.1. The normalized spacial score (nSPS) is 11.8. The van der Waals surface area contributed by atoms with E-state index in [-0.39, 0.29) is 17.1 Å². The number of hydrogen-bond donors (Lipinski definition) is 2. The van der Waals surface area contributed by atoms with Crippen LogP contribution >= 0.6 is 11.3 Å². The van der Waals surface area contributed by atoms with E-state index in [9.17, 15) is 14.6 Å². The highest BCUT2D eigenvalue weighted by Gasteiger charge is 2.18. The summed E-state index contributed by atoms with van der Waals surface area (Å²) >= 11 is 1.44. The molecule has 39 heavy (non-hydrogen) atoms. The number of phenolic OH excluding ortho intramolecular Hbond substituents is 2. The summed E-state index contributed by atoms with van der Waals surface area (Å²) < 4.78 is 20.8. The fourth-order valence-corrected chi connectivity index (χ4v) is 5.89. The van der Waals surface area contributed by atoms with Crippen molar-refractivity contribution in [3.63, 3.8) is 0 Å². The van der Waals surface area contributed by atoms with Gasteiger partial charge in [0, 0.05) is 39.2 Å². The molecule has 7 rings (SSSR count). The highest BCUT2D eigenvalue weighted by atomic mass is 32.1. The van der Waals surface area contributed by atoms with Gasteiger partial charge in [0.2, 0.25) is 0 Å². The number of fused-ring (bicyclic) bond motifs is 4. The van der Waals surface area contributed by atoms with Gasteiger partial charge >= 0.3 is 0 Å². The van der Waals surface area contributed by atoms with E-state index in [1.165, 1.54) is 35.8 Å². The second-order valence-corrected chi connectivity index (χ2v) is 10.1. The van der Waals surface area contributed by atoms with E-state index in [4.69, 9.17) is 9.40 Å². The molecule has 2 aromatic heterocycles. The second kappa shape index (κ2) is 9.08. The van der Waals surface area contributed by atoms with Crippen molar-refractivity contribution in [3.8, 4) is 33.2 Å². The Bertz CT molecular complexity index is 2080. The fraction of sp³-hybridized carbons (Fsp3) is 0. The SMILES string of the molecule is Oc1cc(-c2cccc3c2oc2ccccc23)c2nc(-c3ccccc3N=Cc3cc(F)ccc3O)sc2c1. The van der Waals surface area contributed by atoms with Gasteiger partial charge < -0.3 is 14.6 Å². The molecule has 0 aliphatic carbocycles. The molecule has 0 radical (unpaired) electrons. The Morgan fingerprint density at radius 2 is 1.59 bits per heavy atom. The molecule has 5 aromatic carbocycles. The van der Waals surface area contributed by atoms with E-state index < -0.39 is 5.82 Å². The lowest BCUT2D eigenvalue weighted by Crippen LogP contribution is -1.85. The maximum absolute atomic E-state index is 13.7. The molecule has 2 heterocycles. The number of nitrogens with zero attached hydrogens (tertiary/aromatic N) is 2. The first-order valence-corrected chi connectivity index (χ1v) is 13.0. The molecule has 0 saturated carbocycles. The van der Waals surface area contributed by atoms with Crippen molar-refractivity contribution in [2.75, 3.05) is 0 Å². The standard InChI is InChI=1S/C32H19FN2O3S/c33-19-12-13-27(37)18(14-19)17-34-26-10-3-1-7-24(26)32-35-30-25(15-20(36)16-29(30)39-32)23-9-5-8-22-21-6-2-4-11-28(21)38-31(22)23/h1-17,36-37H. The zero-order valence-electron chi connectivity index (χ0n) is 20.3. The van der Waals surface area contributed by atoms with Crippen LogP contribution in [0.25, 0.3) is 53.9 Å². The van der Waals surface area contributed by atoms with Crippen molar-refractivity contribution in [2.24, 2.45) is 4.99 Å². The number of phenols is 2. The molecule has 0 aliphatic heterocycles. The molecule has 0 spiro atoms. The van der Waals surface area contributed by atoms with E-state index in [0.717, 1.165) is 48.8 Å². The predicted molar refractivity (Wildman–Crippen MR) is 155 cm³/mol. The van der Waals surface area contributed by atoms with Gasteiger partial charge in [-0.25, -0.2) is 9.37 Å². The molecule has 0 saturated heterocycles. The third kappa shape index (κ3) is 4.00. The number of para-hydroxylation sites is 3. The number of aromatic hydroxyl groups is 2. The Balaban J connectivity index is 1.38. The van der Waals surface area contributed by atoms with Gasteiger partial charge in [0.1, 0.15) is 33.5 Å². The molecule has 0 unspecified atom stereocenters. The Morgan fingerprint density at radius 3 is 2.51 bits per heavy atom. The van der Waals surface area contributed by atoms with E-state index in [1.54, 1.807) is 12.1 Å². The largest absolute Gasteiger partial charge is 0.508 e. The number of hydrogen-bond acceptors (Lipinski definition) is 6. The van der Waals surface area contributed by atoms with Crippen molar-refractivity contribution in [3.05, 3.63) is 108 Å². The average Bonchev–Trinajstić information content (AvgIpc) is 3.55. The van der Waals surface area contributed by atoms with Crippen LogP contribution in [0, 0.1) is 5.82 Å². The zero-order chi connectivity index (χ0) is 26.5. The topological polar surface area (TPSA) is 78.9 Å². The number of aromatic nitrogens is 1. The minimum atomic E-state index is -0.458. The first kappa shape index (κ1) is 23.1. The van der Waals surface area contributed by atoms with Crippen LogP contribution < -0.4 is 0 Å². The summed E-state index contributed by atoms with van der Waals surface area (Å²) in [5.41, 5.74) is 5.55. The minimum absolute atomic E-state index is 0.0579. The first-order valence-electron chi connectivity index (χ1n) is 12.2. The van der Waals surface area contributed by atoms with E-state index >= 15 is 0 Å². The summed E-state index contributed by atoms with van der Waals surface area (Å²) in [6.07, 6.45) is 1.43. The van der Waals surface area contributed by atoms with Crippen LogP contribution in [-0.2, 0) is 0 Å². The van der Waals surface area contributed by atoms with Gasteiger partial charge in [-0.15, -0.1) is 11.3 Å². The van der Waals surface area contributed by atoms with Crippen LogP contribution in [0.1, 0.15) is 5.56 Å². The van der Waals surface area contributed by atoms with E-state index in [2.05, 4.69) is 4.99 Å². The summed E-state index contributed by atoms with van der Waals surface area (Å²) in [7, 11) is 0. The molecular weight excluding hydrogens is 511 g/mol. The first-order chi connectivity index (χ1) is 19.0. The predicted octanol–water partition coefficient (Wildman–Crippen LogP) is 8.83. The van der Waals surface area contributed by atoms with Crippen molar-refractivity contribution in [1.29, 1.82) is 0 Å². The van der Waals surface area contributed by atoms with E-state index in [1.807, 2.05) is 66.7 Å². The van der Waals surface area contributed by atoms with Gasteiger partial charge in [-0.3, -0.25) is 4.99 Å². The third-order valence-corrected chi connectivity index (χ3v) is 7.68. The highest BCUT2D eigenvalue weighted by molar-refractivity contribution is 7.21. The van der Waals surface area contributed by atoms with Crippen LogP contribution in [0.4, 0.5) is 10.1 Å². The minimum Gasteiger partial charge on any atom is -0.508 e. The maximum Gasteiger partial charge on any atom is 0.143 e. The van der Waals surface area contributed by atoms with Crippen LogP contribution in [0.15, 0.2) is 106 Å². The molecule has 0 fully saturated rings. The summed E-state index contributed by atoms with van der Waals surface area (Å²) in [5, 5.41) is 23.5. The highest BCUT2D eigenvalue weighted by Crippen LogP contribution is 2.43. The van der Waals surface area contributed by atoms with Gasteiger partial charge in [0.15, 0.2) is 0 Å². The van der Waals surface area contributed by atoms with Crippen molar-refractivity contribution >= 4 is 55.4 Å². The van der Waals surface area contributed by atoms with Gasteiger partial charge in [0.05, 0.1) is 15.9 Å². The lowest BCUT2D eigenvalue weighted by Gasteiger charge is -2.05. The van der Waals surface area contributed by atoms with Crippen LogP contribution in [0.2, 0.25) is 0 Å². The lowest BCUT2D eigenvalue weighted by molar-refractivity contribution is 0.472. The van der Waals surface area contributed by atoms with E-state index in [0.29, 0.717) is 10.7 Å². The molecular formula is C32H19FN2O3S. The number of furan rings is 1. The van der Waals surface area contributed by atoms with Gasteiger partial charge in [-0.1, -0.05) is 48.5 Å². The molecule has 7 heteroatoms. The van der Waals surface area contributed by atoms with Crippen molar-refractivity contribution in [2.45, 2.75) is 0 Å².